The molecule has 1 aromatic rings. The largest absolute Gasteiger partial charge is 0.372 e. The normalized spacial score (nSPS) is 20.0. The number of carbonyl (C=O) groups excluding carboxylic acids is 1. The number of amides is 1. The van der Waals surface area contributed by atoms with Gasteiger partial charge in [0.05, 0.1) is 6.54 Å². The van der Waals surface area contributed by atoms with E-state index in [4.69, 9.17) is 0 Å². The molecular weight excluding hydrogens is 264 g/mol. The summed E-state index contributed by atoms with van der Waals surface area (Å²) in [4.78, 5) is 15.9. The smallest absolute Gasteiger partial charge is 0.238 e. The van der Waals surface area contributed by atoms with E-state index in [9.17, 15) is 9.90 Å². The van der Waals surface area contributed by atoms with E-state index >= 15 is 0 Å². The molecule has 0 spiro atoms. The molecule has 1 heterocycles. The Labute approximate surface area is 127 Å². The highest BCUT2D eigenvalue weighted by Gasteiger charge is 2.30. The van der Waals surface area contributed by atoms with E-state index in [0.29, 0.717) is 19.6 Å². The van der Waals surface area contributed by atoms with Crippen molar-refractivity contribution >= 4 is 5.91 Å². The van der Waals surface area contributed by atoms with Gasteiger partial charge in [0.1, 0.15) is 6.23 Å². The molecule has 0 aromatic heterocycles. The van der Waals surface area contributed by atoms with Crippen molar-refractivity contribution < 1.29 is 9.90 Å². The molecule has 1 saturated heterocycles. The van der Waals surface area contributed by atoms with Crippen molar-refractivity contribution in [1.82, 2.24) is 9.80 Å². The van der Waals surface area contributed by atoms with Crippen molar-refractivity contribution in [2.75, 3.05) is 26.2 Å². The van der Waals surface area contributed by atoms with Gasteiger partial charge in [-0.25, -0.2) is 0 Å². The summed E-state index contributed by atoms with van der Waals surface area (Å²) in [6.07, 6.45) is 3.57. The summed E-state index contributed by atoms with van der Waals surface area (Å²) >= 11 is 0. The van der Waals surface area contributed by atoms with Gasteiger partial charge in [0.2, 0.25) is 5.91 Å². The van der Waals surface area contributed by atoms with E-state index in [-0.39, 0.29) is 5.91 Å². The van der Waals surface area contributed by atoms with Gasteiger partial charge in [-0.1, -0.05) is 50.1 Å². The van der Waals surface area contributed by atoms with Crippen LogP contribution < -0.4 is 0 Å². The van der Waals surface area contributed by atoms with Gasteiger partial charge in [0.25, 0.3) is 0 Å². The quantitative estimate of drug-likeness (QED) is 0.780. The number of β-amino-alcohol motifs (C(OH)–C–C–N with tert-alkyl or cyclic N) is 1. The Morgan fingerprint density at radius 2 is 1.95 bits per heavy atom. The summed E-state index contributed by atoms with van der Waals surface area (Å²) in [6.45, 7) is 4.68. The molecule has 1 fully saturated rings. The van der Waals surface area contributed by atoms with Crippen molar-refractivity contribution in [2.24, 2.45) is 0 Å². The van der Waals surface area contributed by atoms with E-state index < -0.39 is 6.23 Å². The van der Waals surface area contributed by atoms with E-state index in [1.54, 1.807) is 4.90 Å². The lowest BCUT2D eigenvalue weighted by molar-refractivity contribution is -0.152. The number of hydrogen-bond acceptors (Lipinski definition) is 3. The van der Waals surface area contributed by atoms with Crippen LogP contribution in [0.4, 0.5) is 0 Å². The van der Waals surface area contributed by atoms with Gasteiger partial charge < -0.3 is 10.0 Å². The first-order valence-electron chi connectivity index (χ1n) is 7.94. The Hall–Kier alpha value is -1.39. The Kier molecular flexibility index (Phi) is 6.21. The summed E-state index contributed by atoms with van der Waals surface area (Å²) < 4.78 is 0. The molecule has 2 rings (SSSR count). The molecule has 1 N–H and O–H groups in total. The highest BCUT2D eigenvalue weighted by Crippen LogP contribution is 2.12. The van der Waals surface area contributed by atoms with Gasteiger partial charge in [-0.05, 0) is 24.9 Å². The second-order valence-electron chi connectivity index (χ2n) is 5.75. The van der Waals surface area contributed by atoms with E-state index in [1.807, 2.05) is 18.2 Å². The molecule has 1 atom stereocenters. The minimum Gasteiger partial charge on any atom is -0.372 e. The Balaban J connectivity index is 1.81. The summed E-state index contributed by atoms with van der Waals surface area (Å²) in [7, 11) is 0. The van der Waals surface area contributed by atoms with Crippen molar-refractivity contribution in [3.63, 3.8) is 0 Å². The predicted octanol–water partition coefficient (Wildman–Crippen LogP) is 1.88. The Morgan fingerprint density at radius 1 is 1.19 bits per heavy atom. The second-order valence-corrected chi connectivity index (χ2v) is 5.75. The number of unbranched alkanes of at least 4 members (excludes halogenated alkanes) is 2. The maximum Gasteiger partial charge on any atom is 0.238 e. The summed E-state index contributed by atoms with van der Waals surface area (Å²) in [5.41, 5.74) is 1.20. The summed E-state index contributed by atoms with van der Waals surface area (Å²) in [5.74, 6) is 0.0428. The molecule has 0 bridgehead atoms. The van der Waals surface area contributed by atoms with Crippen LogP contribution in [0.5, 0.6) is 0 Å². The first kappa shape index (κ1) is 16.0. The van der Waals surface area contributed by atoms with Gasteiger partial charge in [-0.2, -0.15) is 0 Å². The van der Waals surface area contributed by atoms with E-state index in [0.717, 1.165) is 19.4 Å². The van der Waals surface area contributed by atoms with Crippen LogP contribution in [0.15, 0.2) is 30.3 Å². The number of aliphatic hydroxyl groups is 1. The molecule has 1 aromatic carbocycles. The Bertz CT molecular complexity index is 436. The average Bonchev–Trinajstić information content (AvgIpc) is 2.48. The molecule has 0 saturated carbocycles. The monoisotopic (exact) mass is 290 g/mol. The van der Waals surface area contributed by atoms with Gasteiger partial charge in [-0.15, -0.1) is 0 Å². The minimum atomic E-state index is -0.670. The Morgan fingerprint density at radius 3 is 2.62 bits per heavy atom. The van der Waals surface area contributed by atoms with Crippen molar-refractivity contribution in [3.8, 4) is 0 Å². The summed E-state index contributed by atoms with van der Waals surface area (Å²) in [6, 6.07) is 10.1. The molecule has 0 aliphatic carbocycles. The van der Waals surface area contributed by atoms with Crippen LogP contribution in [0, 0.1) is 0 Å². The average molecular weight is 290 g/mol. The number of benzene rings is 1. The van der Waals surface area contributed by atoms with E-state index in [2.05, 4.69) is 24.0 Å². The van der Waals surface area contributed by atoms with Crippen LogP contribution in [0.25, 0.3) is 0 Å². The molecule has 116 valence electrons. The number of carbonyl (C=O) groups is 1. The molecule has 4 heteroatoms. The summed E-state index contributed by atoms with van der Waals surface area (Å²) in [5, 5.41) is 10.2. The first-order chi connectivity index (χ1) is 10.2. The van der Waals surface area contributed by atoms with Crippen molar-refractivity contribution in [3.05, 3.63) is 35.9 Å². The topological polar surface area (TPSA) is 43.8 Å². The molecule has 4 nitrogen and oxygen atoms in total. The van der Waals surface area contributed by atoms with E-state index in [1.165, 1.54) is 18.4 Å². The molecule has 1 amide bonds. The molecule has 1 aliphatic heterocycles. The number of rotatable bonds is 7. The van der Waals surface area contributed by atoms with Crippen LogP contribution in [0.2, 0.25) is 0 Å². The SMILES string of the molecule is CCCCCN1CC(=O)N(CCc2ccccc2)C(O)C1. The molecular formula is C17H26N2O2. The maximum absolute atomic E-state index is 12.2. The molecule has 21 heavy (non-hydrogen) atoms. The van der Waals surface area contributed by atoms with Crippen LogP contribution in [0.3, 0.4) is 0 Å². The van der Waals surface area contributed by atoms with Gasteiger partial charge >= 0.3 is 0 Å². The molecule has 0 radical (unpaired) electrons. The van der Waals surface area contributed by atoms with Crippen molar-refractivity contribution in [2.45, 2.75) is 38.8 Å². The standard InChI is InChI=1S/C17H26N2O2/c1-2-3-7-11-18-13-16(20)19(17(21)14-18)12-10-15-8-5-4-6-9-15/h4-6,8-9,16,20H,2-3,7,10-14H2,1H3. The number of hydrogen-bond donors (Lipinski definition) is 1. The zero-order chi connectivity index (χ0) is 15.1. The second kappa shape index (κ2) is 8.15. The van der Waals surface area contributed by atoms with Crippen molar-refractivity contribution in [1.29, 1.82) is 0 Å². The minimum absolute atomic E-state index is 0.0428. The predicted molar refractivity (Wildman–Crippen MR) is 83.8 cm³/mol. The molecule has 1 aliphatic rings. The van der Waals surface area contributed by atoms with Gasteiger partial charge in [0.15, 0.2) is 0 Å². The highest BCUT2D eigenvalue weighted by molar-refractivity contribution is 5.79. The lowest BCUT2D eigenvalue weighted by Crippen LogP contribution is -2.56. The third-order valence-corrected chi connectivity index (χ3v) is 4.02. The number of nitrogens with zero attached hydrogens (tertiary/aromatic N) is 2. The van der Waals surface area contributed by atoms with Crippen LogP contribution in [0.1, 0.15) is 31.7 Å². The van der Waals surface area contributed by atoms with Gasteiger partial charge in [0, 0.05) is 13.1 Å². The zero-order valence-corrected chi connectivity index (χ0v) is 12.9. The first-order valence-corrected chi connectivity index (χ1v) is 7.94. The third kappa shape index (κ3) is 4.83. The highest BCUT2D eigenvalue weighted by atomic mass is 16.3. The van der Waals surface area contributed by atoms with Gasteiger partial charge in [-0.3, -0.25) is 9.69 Å². The lowest BCUT2D eigenvalue weighted by Gasteiger charge is -2.38. The number of piperazine rings is 1. The van der Waals surface area contributed by atoms with Crippen LogP contribution in [-0.4, -0.2) is 53.2 Å². The fourth-order valence-electron chi connectivity index (χ4n) is 2.77. The maximum atomic E-state index is 12.2. The fraction of sp³-hybridized carbons (Fsp3) is 0.588. The fourth-order valence-corrected chi connectivity index (χ4v) is 2.77. The van der Waals surface area contributed by atoms with Crippen LogP contribution >= 0.6 is 0 Å². The zero-order valence-electron chi connectivity index (χ0n) is 12.9. The number of aliphatic hydroxyl groups excluding tert-OH is 1. The van der Waals surface area contributed by atoms with Crippen LogP contribution in [-0.2, 0) is 11.2 Å². The molecule has 1 unspecified atom stereocenters. The lowest BCUT2D eigenvalue weighted by atomic mass is 10.1. The third-order valence-electron chi connectivity index (χ3n) is 4.02.